The van der Waals surface area contributed by atoms with E-state index in [1.807, 2.05) is 73.0 Å². The van der Waals surface area contributed by atoms with Gasteiger partial charge in [0.15, 0.2) is 5.13 Å². The summed E-state index contributed by atoms with van der Waals surface area (Å²) in [6.45, 7) is 1.85. The number of anilines is 2. The molecule has 1 heterocycles. The Balaban J connectivity index is 1.57. The van der Waals surface area contributed by atoms with Gasteiger partial charge in [-0.2, -0.15) is 0 Å². The molecular formula is C27H30N4O3S. The third-order valence-electron chi connectivity index (χ3n) is 6.06. The molecule has 0 bridgehead atoms. The highest BCUT2D eigenvalue weighted by molar-refractivity contribution is 7.13. The third-order valence-corrected chi connectivity index (χ3v) is 6.93. The fourth-order valence-electron chi connectivity index (χ4n) is 4.36. The quantitative estimate of drug-likeness (QED) is 0.441. The van der Waals surface area contributed by atoms with Crippen molar-refractivity contribution >= 4 is 39.9 Å². The maximum atomic E-state index is 13.6. The first-order valence-electron chi connectivity index (χ1n) is 12.0. The van der Waals surface area contributed by atoms with Gasteiger partial charge in [0.2, 0.25) is 17.7 Å². The number of hydrogen-bond acceptors (Lipinski definition) is 5. The normalized spacial score (nSPS) is 14.3. The van der Waals surface area contributed by atoms with Gasteiger partial charge >= 0.3 is 0 Å². The van der Waals surface area contributed by atoms with Crippen LogP contribution in [0.25, 0.3) is 0 Å². The van der Waals surface area contributed by atoms with Gasteiger partial charge in [-0.25, -0.2) is 4.98 Å². The number of aryl methyl sites for hydroxylation is 1. The molecule has 182 valence electrons. The monoisotopic (exact) mass is 490 g/mol. The second-order valence-electron chi connectivity index (χ2n) is 8.74. The maximum Gasteiger partial charge on any atom is 0.248 e. The molecule has 1 aromatic heterocycles. The van der Waals surface area contributed by atoms with Crippen molar-refractivity contribution in [1.82, 2.24) is 10.3 Å². The summed E-state index contributed by atoms with van der Waals surface area (Å²) in [5.41, 5.74) is 2.17. The van der Waals surface area contributed by atoms with E-state index >= 15 is 0 Å². The molecule has 3 aromatic rings. The molecule has 0 spiro atoms. The number of rotatable bonds is 9. The van der Waals surface area contributed by atoms with Crippen molar-refractivity contribution < 1.29 is 14.4 Å². The Morgan fingerprint density at radius 1 is 1.00 bits per heavy atom. The van der Waals surface area contributed by atoms with Crippen molar-refractivity contribution in [3.63, 3.8) is 0 Å². The molecule has 8 heteroatoms. The van der Waals surface area contributed by atoms with Crippen LogP contribution in [0, 0.1) is 6.92 Å². The number of benzene rings is 2. The Kier molecular flexibility index (Phi) is 8.26. The Hall–Kier alpha value is -3.52. The minimum atomic E-state index is -0.837. The summed E-state index contributed by atoms with van der Waals surface area (Å²) in [5, 5.41) is 8.28. The van der Waals surface area contributed by atoms with E-state index in [2.05, 4.69) is 15.6 Å². The number of nitrogens with one attached hydrogen (secondary N) is 2. The number of carbonyl (C=O) groups excluding carboxylic acids is 3. The molecule has 1 aliphatic rings. The van der Waals surface area contributed by atoms with E-state index in [4.69, 9.17) is 0 Å². The standard InChI is InChI=1S/C27H30N4O3S/c1-19-18-35-27(28-19)30-23(32)16-17-24(33)31(22-14-6-3-7-15-22)25(20-10-4-2-5-11-20)26(34)29-21-12-8-9-13-21/h2-7,10-11,14-15,18,21,25H,8-9,12-13,16-17H2,1H3,(H,29,34)(H,28,30,32)/t25-/m1/s1. The van der Waals surface area contributed by atoms with Crippen molar-refractivity contribution in [3.05, 3.63) is 77.3 Å². The number of carbonyl (C=O) groups is 3. The Bertz CT molecular complexity index is 1140. The minimum Gasteiger partial charge on any atom is -0.351 e. The van der Waals surface area contributed by atoms with E-state index in [1.54, 1.807) is 0 Å². The van der Waals surface area contributed by atoms with Gasteiger partial charge in [0, 0.05) is 30.0 Å². The number of amides is 3. The second kappa shape index (κ2) is 11.8. The first-order chi connectivity index (χ1) is 17.0. The lowest BCUT2D eigenvalue weighted by atomic mass is 10.0. The summed E-state index contributed by atoms with van der Waals surface area (Å²) in [7, 11) is 0. The molecule has 0 unspecified atom stereocenters. The Morgan fingerprint density at radius 3 is 2.29 bits per heavy atom. The number of thiazole rings is 1. The molecule has 3 amide bonds. The molecule has 1 atom stereocenters. The van der Waals surface area contributed by atoms with Crippen LogP contribution in [0.1, 0.15) is 55.8 Å². The van der Waals surface area contributed by atoms with Crippen LogP contribution in [-0.2, 0) is 14.4 Å². The smallest absolute Gasteiger partial charge is 0.248 e. The van der Waals surface area contributed by atoms with E-state index < -0.39 is 6.04 Å². The van der Waals surface area contributed by atoms with E-state index in [0.717, 1.165) is 36.9 Å². The fraction of sp³-hybridized carbons (Fsp3) is 0.333. The Morgan fingerprint density at radius 2 is 1.66 bits per heavy atom. The SMILES string of the molecule is Cc1csc(NC(=O)CCC(=O)N(c2ccccc2)[C@@H](C(=O)NC2CCCC2)c2ccccc2)n1. The van der Waals surface area contributed by atoms with Gasteiger partial charge in [-0.1, -0.05) is 61.4 Å². The number of hydrogen-bond donors (Lipinski definition) is 2. The molecule has 35 heavy (non-hydrogen) atoms. The van der Waals surface area contributed by atoms with Crippen LogP contribution in [-0.4, -0.2) is 28.7 Å². The summed E-state index contributed by atoms with van der Waals surface area (Å²) in [5.74, 6) is -0.785. The maximum absolute atomic E-state index is 13.6. The average Bonchev–Trinajstić information content (AvgIpc) is 3.53. The minimum absolute atomic E-state index is 0.00739. The molecule has 7 nitrogen and oxygen atoms in total. The first kappa shape index (κ1) is 24.6. The summed E-state index contributed by atoms with van der Waals surface area (Å²) >= 11 is 1.35. The lowest BCUT2D eigenvalue weighted by Gasteiger charge is -2.32. The summed E-state index contributed by atoms with van der Waals surface area (Å²) in [4.78, 5) is 45.5. The van der Waals surface area contributed by atoms with Gasteiger partial charge < -0.3 is 10.6 Å². The molecule has 1 fully saturated rings. The van der Waals surface area contributed by atoms with Gasteiger partial charge in [-0.3, -0.25) is 19.3 Å². The largest absolute Gasteiger partial charge is 0.351 e. The van der Waals surface area contributed by atoms with Crippen molar-refractivity contribution in [3.8, 4) is 0 Å². The highest BCUT2D eigenvalue weighted by Crippen LogP contribution is 2.30. The van der Waals surface area contributed by atoms with Gasteiger partial charge in [0.1, 0.15) is 6.04 Å². The molecule has 0 radical (unpaired) electrons. The number of nitrogens with zero attached hydrogens (tertiary/aromatic N) is 2. The van der Waals surface area contributed by atoms with Crippen LogP contribution in [0.2, 0.25) is 0 Å². The zero-order chi connectivity index (χ0) is 24.6. The highest BCUT2D eigenvalue weighted by Gasteiger charge is 2.34. The molecule has 2 N–H and O–H groups in total. The molecule has 4 rings (SSSR count). The molecule has 0 aliphatic heterocycles. The number of aromatic nitrogens is 1. The van der Waals surface area contributed by atoms with Crippen LogP contribution in [0.3, 0.4) is 0 Å². The highest BCUT2D eigenvalue weighted by atomic mass is 32.1. The lowest BCUT2D eigenvalue weighted by molar-refractivity contribution is -0.127. The van der Waals surface area contributed by atoms with Crippen molar-refractivity contribution in [2.75, 3.05) is 10.2 Å². The van der Waals surface area contributed by atoms with Crippen LogP contribution < -0.4 is 15.5 Å². The molecular weight excluding hydrogens is 460 g/mol. The van der Waals surface area contributed by atoms with Gasteiger partial charge in [-0.15, -0.1) is 11.3 Å². The van der Waals surface area contributed by atoms with Crippen molar-refractivity contribution in [2.45, 2.75) is 57.5 Å². The van der Waals surface area contributed by atoms with Gasteiger partial charge in [0.25, 0.3) is 0 Å². The molecule has 1 saturated carbocycles. The van der Waals surface area contributed by atoms with E-state index in [9.17, 15) is 14.4 Å². The van der Waals surface area contributed by atoms with Gasteiger partial charge in [0.05, 0.1) is 5.69 Å². The average molecular weight is 491 g/mol. The van der Waals surface area contributed by atoms with Crippen molar-refractivity contribution in [1.29, 1.82) is 0 Å². The van der Waals surface area contributed by atoms with E-state index in [-0.39, 0.29) is 36.6 Å². The van der Waals surface area contributed by atoms with Gasteiger partial charge in [-0.05, 0) is 37.5 Å². The zero-order valence-electron chi connectivity index (χ0n) is 19.8. The van der Waals surface area contributed by atoms with Crippen LogP contribution in [0.5, 0.6) is 0 Å². The van der Waals surface area contributed by atoms with Crippen molar-refractivity contribution in [2.24, 2.45) is 0 Å². The van der Waals surface area contributed by atoms with E-state index in [1.165, 1.54) is 16.2 Å². The third kappa shape index (κ3) is 6.54. The second-order valence-corrected chi connectivity index (χ2v) is 9.60. The summed E-state index contributed by atoms with van der Waals surface area (Å²) in [6.07, 6.45) is 4.04. The Labute approximate surface area is 209 Å². The van der Waals surface area contributed by atoms with Crippen LogP contribution >= 0.6 is 11.3 Å². The summed E-state index contributed by atoms with van der Waals surface area (Å²) < 4.78 is 0. The predicted molar refractivity (Wildman–Crippen MR) is 138 cm³/mol. The first-order valence-corrected chi connectivity index (χ1v) is 12.8. The topological polar surface area (TPSA) is 91.4 Å². The molecule has 1 aliphatic carbocycles. The predicted octanol–water partition coefficient (Wildman–Crippen LogP) is 5.00. The summed E-state index contributed by atoms with van der Waals surface area (Å²) in [6, 6.07) is 17.8. The zero-order valence-corrected chi connectivity index (χ0v) is 20.6. The fourth-order valence-corrected chi connectivity index (χ4v) is 5.07. The van der Waals surface area contributed by atoms with E-state index in [0.29, 0.717) is 10.8 Å². The lowest BCUT2D eigenvalue weighted by Crippen LogP contribution is -2.46. The van der Waals surface area contributed by atoms with Crippen LogP contribution in [0.4, 0.5) is 10.8 Å². The molecule has 0 saturated heterocycles. The van der Waals surface area contributed by atoms with Crippen LogP contribution in [0.15, 0.2) is 66.0 Å². The molecule has 2 aromatic carbocycles. The number of para-hydroxylation sites is 1.